The monoisotopic (exact) mass is 422 g/mol. The lowest BCUT2D eigenvalue weighted by molar-refractivity contribution is -0.145. The highest BCUT2D eigenvalue weighted by atomic mass is 19.4. The van der Waals surface area contributed by atoms with Gasteiger partial charge in [-0.2, -0.15) is 18.3 Å². The molecule has 3 rings (SSSR count). The Kier molecular flexibility index (Phi) is 6.04. The molecule has 0 bridgehead atoms. The van der Waals surface area contributed by atoms with E-state index < -0.39 is 35.2 Å². The average Bonchev–Trinajstić information content (AvgIpc) is 3.14. The van der Waals surface area contributed by atoms with Gasteiger partial charge >= 0.3 is 6.18 Å². The maximum atomic E-state index is 13.4. The predicted octanol–water partition coefficient (Wildman–Crippen LogP) is 4.74. The normalized spacial score (nSPS) is 11.6. The quantitative estimate of drug-likeness (QED) is 0.583. The third kappa shape index (κ3) is 4.94. The van der Waals surface area contributed by atoms with Gasteiger partial charge in [-0.25, -0.2) is 9.37 Å². The van der Waals surface area contributed by atoms with Gasteiger partial charge in [0.25, 0.3) is 5.91 Å². The molecule has 2 heterocycles. The maximum Gasteiger partial charge on any atom is 0.433 e. The molecule has 0 saturated carbocycles. The van der Waals surface area contributed by atoms with Gasteiger partial charge in [0, 0.05) is 24.8 Å². The zero-order valence-corrected chi connectivity index (χ0v) is 16.1. The van der Waals surface area contributed by atoms with Gasteiger partial charge in [-0.3, -0.25) is 9.48 Å². The summed E-state index contributed by atoms with van der Waals surface area (Å²) in [6, 6.07) is 7.86. The Hall–Kier alpha value is -3.43. The molecule has 0 aliphatic carbocycles. The number of pyridine rings is 1. The second-order valence-corrected chi connectivity index (χ2v) is 6.68. The van der Waals surface area contributed by atoms with E-state index >= 15 is 0 Å². The van der Waals surface area contributed by atoms with Gasteiger partial charge in [0.15, 0.2) is 5.69 Å². The number of aromatic nitrogens is 3. The highest BCUT2D eigenvalue weighted by Crippen LogP contribution is 2.33. The molecule has 1 aromatic carbocycles. The van der Waals surface area contributed by atoms with Crippen LogP contribution < -0.4 is 10.1 Å². The minimum atomic E-state index is -4.72. The number of nitrogens with one attached hydrogen (secondary N) is 1. The van der Waals surface area contributed by atoms with E-state index in [9.17, 15) is 22.4 Å². The zero-order valence-electron chi connectivity index (χ0n) is 16.1. The van der Waals surface area contributed by atoms with Crippen molar-refractivity contribution in [2.45, 2.75) is 32.6 Å². The number of nitrogens with zero attached hydrogens (tertiary/aromatic N) is 3. The summed E-state index contributed by atoms with van der Waals surface area (Å²) in [6.45, 7) is 3.04. The number of carbonyl (C=O) groups is 1. The average molecular weight is 422 g/mol. The van der Waals surface area contributed by atoms with Crippen LogP contribution >= 0.6 is 0 Å². The summed E-state index contributed by atoms with van der Waals surface area (Å²) in [5.74, 6) is -0.754. The van der Waals surface area contributed by atoms with Crippen LogP contribution in [0.2, 0.25) is 0 Å². The number of benzene rings is 1. The second kappa shape index (κ2) is 8.52. The first-order valence-corrected chi connectivity index (χ1v) is 8.96. The molecule has 10 heteroatoms. The van der Waals surface area contributed by atoms with Crippen molar-refractivity contribution in [2.24, 2.45) is 0 Å². The smallest absolute Gasteiger partial charge is 0.433 e. The molecule has 1 amide bonds. The minimum absolute atomic E-state index is 0.0503. The number of hydrogen-bond donors (Lipinski definition) is 1. The van der Waals surface area contributed by atoms with E-state index in [0.717, 1.165) is 10.9 Å². The molecule has 3 aromatic rings. The first kappa shape index (κ1) is 21.3. The Labute approximate surface area is 169 Å². The molecule has 0 radical (unpaired) electrons. The third-order valence-corrected chi connectivity index (χ3v) is 4.09. The fourth-order valence-corrected chi connectivity index (χ4v) is 2.72. The van der Waals surface area contributed by atoms with E-state index in [-0.39, 0.29) is 12.4 Å². The Bertz CT molecular complexity index is 1030. The number of rotatable bonds is 6. The molecule has 30 heavy (non-hydrogen) atoms. The molecule has 6 nitrogen and oxygen atoms in total. The van der Waals surface area contributed by atoms with Crippen LogP contribution in [0.15, 0.2) is 48.8 Å². The third-order valence-electron chi connectivity index (χ3n) is 4.09. The molecule has 2 aromatic heterocycles. The summed E-state index contributed by atoms with van der Waals surface area (Å²) in [7, 11) is 0. The van der Waals surface area contributed by atoms with Crippen molar-refractivity contribution in [1.29, 1.82) is 0 Å². The largest absolute Gasteiger partial charge is 0.439 e. The van der Waals surface area contributed by atoms with Crippen LogP contribution in [0.1, 0.15) is 41.5 Å². The number of ether oxygens (including phenoxy) is 1. The van der Waals surface area contributed by atoms with Crippen molar-refractivity contribution >= 4 is 5.91 Å². The van der Waals surface area contributed by atoms with Crippen molar-refractivity contribution in [1.82, 2.24) is 20.1 Å². The molecular weight excluding hydrogens is 404 g/mol. The number of amides is 1. The molecule has 0 spiro atoms. The summed E-state index contributed by atoms with van der Waals surface area (Å²) in [5.41, 5.74) is -1.08. The SMILES string of the molecule is CC(C)n1ncc(C(=O)NCc2ccnc(Oc3ccc(F)cc3)c2)c1C(F)(F)F. The highest BCUT2D eigenvalue weighted by Gasteiger charge is 2.40. The van der Waals surface area contributed by atoms with E-state index in [4.69, 9.17) is 4.74 Å². The van der Waals surface area contributed by atoms with Gasteiger partial charge in [0.2, 0.25) is 5.88 Å². The Morgan fingerprint density at radius 2 is 1.90 bits per heavy atom. The fraction of sp³-hybridized carbons (Fsp3) is 0.250. The van der Waals surface area contributed by atoms with E-state index in [2.05, 4.69) is 15.4 Å². The van der Waals surface area contributed by atoms with Crippen LogP contribution in [0.25, 0.3) is 0 Å². The van der Waals surface area contributed by atoms with Crippen LogP contribution in [0.4, 0.5) is 17.6 Å². The summed E-state index contributed by atoms with van der Waals surface area (Å²) >= 11 is 0. The molecule has 0 aliphatic heterocycles. The molecule has 0 fully saturated rings. The Balaban J connectivity index is 1.72. The van der Waals surface area contributed by atoms with Gasteiger partial charge in [-0.05, 0) is 49.7 Å². The number of carbonyl (C=O) groups excluding carboxylic acids is 1. The van der Waals surface area contributed by atoms with E-state index in [1.807, 2.05) is 0 Å². The highest BCUT2D eigenvalue weighted by molar-refractivity contribution is 5.95. The molecule has 0 atom stereocenters. The first-order chi connectivity index (χ1) is 14.1. The molecule has 158 valence electrons. The van der Waals surface area contributed by atoms with E-state index in [0.29, 0.717) is 11.3 Å². The van der Waals surface area contributed by atoms with Crippen LogP contribution in [-0.4, -0.2) is 20.7 Å². The lowest BCUT2D eigenvalue weighted by Crippen LogP contribution is -2.27. The minimum Gasteiger partial charge on any atom is -0.439 e. The van der Waals surface area contributed by atoms with E-state index in [1.165, 1.54) is 36.5 Å². The zero-order chi connectivity index (χ0) is 21.9. The summed E-state index contributed by atoms with van der Waals surface area (Å²) in [4.78, 5) is 16.4. The van der Waals surface area contributed by atoms with Gasteiger partial charge in [-0.1, -0.05) is 0 Å². The van der Waals surface area contributed by atoms with Crippen LogP contribution in [-0.2, 0) is 12.7 Å². The van der Waals surface area contributed by atoms with Crippen molar-refractivity contribution < 1.29 is 27.1 Å². The van der Waals surface area contributed by atoms with Crippen LogP contribution in [0.5, 0.6) is 11.6 Å². The number of alkyl halides is 3. The maximum absolute atomic E-state index is 13.4. The molecule has 0 unspecified atom stereocenters. The van der Waals surface area contributed by atoms with Crippen molar-refractivity contribution in [3.63, 3.8) is 0 Å². The Morgan fingerprint density at radius 3 is 2.53 bits per heavy atom. The topological polar surface area (TPSA) is 69.0 Å². The van der Waals surface area contributed by atoms with Gasteiger partial charge in [0.1, 0.15) is 11.6 Å². The van der Waals surface area contributed by atoms with Crippen LogP contribution in [0.3, 0.4) is 0 Å². The summed E-state index contributed by atoms with van der Waals surface area (Å²) in [5, 5.41) is 6.16. The summed E-state index contributed by atoms with van der Waals surface area (Å²) in [6.07, 6.45) is -2.38. The predicted molar refractivity (Wildman–Crippen MR) is 99.5 cm³/mol. The second-order valence-electron chi connectivity index (χ2n) is 6.68. The molecule has 0 saturated heterocycles. The lowest BCUT2D eigenvalue weighted by atomic mass is 10.2. The Morgan fingerprint density at radius 1 is 1.20 bits per heavy atom. The lowest BCUT2D eigenvalue weighted by Gasteiger charge is -2.15. The first-order valence-electron chi connectivity index (χ1n) is 8.96. The van der Waals surface area contributed by atoms with Crippen molar-refractivity contribution in [2.75, 3.05) is 0 Å². The van der Waals surface area contributed by atoms with E-state index in [1.54, 1.807) is 19.9 Å². The number of hydrogen-bond acceptors (Lipinski definition) is 4. The van der Waals surface area contributed by atoms with Crippen LogP contribution in [0, 0.1) is 5.82 Å². The standard InChI is InChI=1S/C20H18F4N4O2/c1-12(2)28-18(20(22,23)24)16(11-27-28)19(29)26-10-13-7-8-25-17(9-13)30-15-5-3-14(21)4-6-15/h3-9,11-12H,10H2,1-2H3,(H,26,29). The van der Waals surface area contributed by atoms with Gasteiger partial charge in [-0.15, -0.1) is 0 Å². The van der Waals surface area contributed by atoms with Gasteiger partial charge in [0.05, 0.1) is 11.8 Å². The molecule has 0 aliphatic rings. The summed E-state index contributed by atoms with van der Waals surface area (Å²) < 4.78 is 59.5. The number of halogens is 4. The van der Waals surface area contributed by atoms with Gasteiger partial charge < -0.3 is 10.1 Å². The molecular formula is C20H18F4N4O2. The molecule has 1 N–H and O–H groups in total. The fourth-order valence-electron chi connectivity index (χ4n) is 2.72. The van der Waals surface area contributed by atoms with Crippen molar-refractivity contribution in [3.05, 3.63) is 71.4 Å². The van der Waals surface area contributed by atoms with Crippen molar-refractivity contribution in [3.8, 4) is 11.6 Å².